The first-order valence-corrected chi connectivity index (χ1v) is 8.04. The molecule has 6 heteroatoms. The van der Waals surface area contributed by atoms with Gasteiger partial charge in [-0.3, -0.25) is 5.32 Å². The zero-order valence-electron chi connectivity index (χ0n) is 14.0. The molecule has 2 unspecified atom stereocenters. The van der Waals surface area contributed by atoms with Gasteiger partial charge in [0, 0.05) is 11.7 Å². The molecule has 2 atom stereocenters. The summed E-state index contributed by atoms with van der Waals surface area (Å²) in [5.74, 6) is 0.0132. The van der Waals surface area contributed by atoms with Crippen molar-refractivity contribution in [3.63, 3.8) is 0 Å². The van der Waals surface area contributed by atoms with E-state index in [1.165, 1.54) is 12.1 Å². The maximum absolute atomic E-state index is 14.0. The van der Waals surface area contributed by atoms with Crippen molar-refractivity contribution < 1.29 is 13.9 Å². The summed E-state index contributed by atoms with van der Waals surface area (Å²) in [6.07, 6.45) is 2.57. The summed E-state index contributed by atoms with van der Waals surface area (Å²) in [6, 6.07) is 4.61. The van der Waals surface area contributed by atoms with Crippen LogP contribution in [0.5, 0.6) is 0 Å². The molecule has 128 valence electrons. The number of carbonyl (C=O) groups excluding carboxylic acids is 1. The van der Waals surface area contributed by atoms with E-state index in [2.05, 4.69) is 10.6 Å². The van der Waals surface area contributed by atoms with Gasteiger partial charge in [0.15, 0.2) is 0 Å². The van der Waals surface area contributed by atoms with E-state index in [4.69, 9.17) is 10.5 Å². The minimum absolute atomic E-state index is 0.172. The van der Waals surface area contributed by atoms with Crippen LogP contribution in [0.3, 0.4) is 0 Å². The lowest BCUT2D eigenvalue weighted by atomic mass is 10.0. The molecule has 5 nitrogen and oxygen atoms in total. The van der Waals surface area contributed by atoms with Crippen molar-refractivity contribution in [2.45, 2.75) is 51.7 Å². The molecule has 1 amide bonds. The van der Waals surface area contributed by atoms with E-state index >= 15 is 0 Å². The summed E-state index contributed by atoms with van der Waals surface area (Å²) in [5, 5.41) is 5.85. The van der Waals surface area contributed by atoms with Crippen LogP contribution in [0.4, 0.5) is 20.6 Å². The number of hydrogen-bond acceptors (Lipinski definition) is 4. The highest BCUT2D eigenvalue weighted by molar-refractivity contribution is 5.85. The second kappa shape index (κ2) is 7.17. The first kappa shape index (κ1) is 17.5. The Morgan fingerprint density at radius 1 is 1.39 bits per heavy atom. The summed E-state index contributed by atoms with van der Waals surface area (Å²) in [7, 11) is 0. The molecule has 1 aromatic rings. The number of carbonyl (C=O) groups is 1. The first-order chi connectivity index (χ1) is 10.8. The lowest BCUT2D eigenvalue weighted by molar-refractivity contribution is 0.0636. The smallest absolute Gasteiger partial charge is 0.412 e. The highest BCUT2D eigenvalue weighted by Crippen LogP contribution is 2.30. The van der Waals surface area contributed by atoms with E-state index in [1.54, 1.807) is 26.8 Å². The Labute approximate surface area is 136 Å². The second-order valence-electron chi connectivity index (χ2n) is 7.00. The highest BCUT2D eigenvalue weighted by atomic mass is 19.1. The van der Waals surface area contributed by atoms with Gasteiger partial charge in [-0.2, -0.15) is 0 Å². The first-order valence-electron chi connectivity index (χ1n) is 8.04. The fourth-order valence-electron chi connectivity index (χ4n) is 2.84. The molecule has 0 saturated heterocycles. The molecule has 1 aliphatic rings. The van der Waals surface area contributed by atoms with E-state index in [1.807, 2.05) is 0 Å². The molecule has 23 heavy (non-hydrogen) atoms. The molecule has 1 saturated carbocycles. The number of benzene rings is 1. The van der Waals surface area contributed by atoms with Crippen molar-refractivity contribution >= 4 is 17.5 Å². The van der Waals surface area contributed by atoms with Crippen molar-refractivity contribution in [2.24, 2.45) is 11.7 Å². The van der Waals surface area contributed by atoms with Crippen molar-refractivity contribution in [3.8, 4) is 0 Å². The number of halogens is 1. The zero-order chi connectivity index (χ0) is 17.0. The van der Waals surface area contributed by atoms with Crippen LogP contribution in [0.1, 0.15) is 40.0 Å². The summed E-state index contributed by atoms with van der Waals surface area (Å²) in [5.41, 5.74) is 6.05. The maximum atomic E-state index is 14.0. The molecule has 1 fully saturated rings. The molecule has 0 aromatic heterocycles. The Kier molecular flexibility index (Phi) is 5.46. The number of nitrogens with one attached hydrogen (secondary N) is 2. The number of ether oxygens (including phenoxy) is 1. The van der Waals surface area contributed by atoms with Crippen molar-refractivity contribution in [2.75, 3.05) is 17.2 Å². The Hall–Kier alpha value is -1.82. The molecule has 0 spiro atoms. The lowest BCUT2D eigenvalue weighted by Crippen LogP contribution is -2.30. The van der Waals surface area contributed by atoms with Gasteiger partial charge >= 0.3 is 6.09 Å². The van der Waals surface area contributed by atoms with Gasteiger partial charge in [-0.05, 0) is 64.3 Å². The Morgan fingerprint density at radius 3 is 2.78 bits per heavy atom. The quantitative estimate of drug-likeness (QED) is 0.789. The summed E-state index contributed by atoms with van der Waals surface area (Å²) in [6.45, 7) is 5.96. The third-order valence-electron chi connectivity index (χ3n) is 3.91. The third-order valence-corrected chi connectivity index (χ3v) is 3.91. The largest absolute Gasteiger partial charge is 0.444 e. The Bertz CT molecular complexity index is 557. The fourth-order valence-corrected chi connectivity index (χ4v) is 2.84. The SMILES string of the molecule is CC(C)(C)OC(=O)Nc1ccc(F)c(NC2CCCC2CN)c1. The molecule has 4 N–H and O–H groups in total. The lowest BCUT2D eigenvalue weighted by Gasteiger charge is -2.22. The summed E-state index contributed by atoms with van der Waals surface area (Å²) >= 11 is 0. The average Bonchev–Trinajstić information content (AvgIpc) is 2.87. The maximum Gasteiger partial charge on any atom is 0.412 e. The fraction of sp³-hybridized carbons (Fsp3) is 0.588. The van der Waals surface area contributed by atoms with Crippen LogP contribution in [-0.4, -0.2) is 24.3 Å². The predicted octanol–water partition coefficient (Wildman–Crippen LogP) is 3.71. The van der Waals surface area contributed by atoms with Crippen molar-refractivity contribution in [3.05, 3.63) is 24.0 Å². The number of hydrogen-bond donors (Lipinski definition) is 3. The number of nitrogens with two attached hydrogens (primary N) is 1. The van der Waals surface area contributed by atoms with Crippen LogP contribution < -0.4 is 16.4 Å². The number of amides is 1. The number of anilines is 2. The van der Waals surface area contributed by atoms with Gasteiger partial charge in [-0.1, -0.05) is 6.42 Å². The molecule has 1 aliphatic carbocycles. The Morgan fingerprint density at radius 2 is 2.13 bits per heavy atom. The van der Waals surface area contributed by atoms with E-state index in [-0.39, 0.29) is 11.9 Å². The van der Waals surface area contributed by atoms with E-state index in [9.17, 15) is 9.18 Å². The minimum atomic E-state index is -0.580. The molecule has 0 heterocycles. The van der Waals surface area contributed by atoms with Crippen LogP contribution in [0.2, 0.25) is 0 Å². The van der Waals surface area contributed by atoms with Gasteiger partial charge in [0.05, 0.1) is 5.69 Å². The molecular weight excluding hydrogens is 297 g/mol. The topological polar surface area (TPSA) is 76.4 Å². The Balaban J connectivity index is 2.05. The molecule has 0 aliphatic heterocycles. The van der Waals surface area contributed by atoms with E-state index < -0.39 is 11.7 Å². The average molecular weight is 323 g/mol. The van der Waals surface area contributed by atoms with Crippen LogP contribution in [0.25, 0.3) is 0 Å². The standard InChI is InChI=1S/C17H26FN3O2/c1-17(2,3)23-16(22)20-12-7-8-13(18)15(9-12)21-14-6-4-5-11(14)10-19/h7-9,11,14,21H,4-6,10,19H2,1-3H3,(H,20,22). The monoisotopic (exact) mass is 323 g/mol. The number of rotatable bonds is 4. The van der Waals surface area contributed by atoms with Crippen LogP contribution in [0, 0.1) is 11.7 Å². The van der Waals surface area contributed by atoms with Gasteiger partial charge < -0.3 is 15.8 Å². The molecule has 1 aromatic carbocycles. The molecule has 2 rings (SSSR count). The molecule has 0 radical (unpaired) electrons. The van der Waals surface area contributed by atoms with Crippen LogP contribution in [0.15, 0.2) is 18.2 Å². The molecule has 0 bridgehead atoms. The minimum Gasteiger partial charge on any atom is -0.444 e. The summed E-state index contributed by atoms with van der Waals surface area (Å²) in [4.78, 5) is 11.8. The van der Waals surface area contributed by atoms with Gasteiger partial charge in [-0.15, -0.1) is 0 Å². The van der Waals surface area contributed by atoms with Crippen LogP contribution in [-0.2, 0) is 4.74 Å². The van der Waals surface area contributed by atoms with E-state index in [0.29, 0.717) is 23.8 Å². The van der Waals surface area contributed by atoms with Gasteiger partial charge in [-0.25, -0.2) is 9.18 Å². The summed E-state index contributed by atoms with van der Waals surface area (Å²) < 4.78 is 19.2. The normalized spacial score (nSPS) is 21.1. The zero-order valence-corrected chi connectivity index (χ0v) is 14.0. The van der Waals surface area contributed by atoms with Crippen LogP contribution >= 0.6 is 0 Å². The van der Waals surface area contributed by atoms with Gasteiger partial charge in [0.1, 0.15) is 11.4 Å². The van der Waals surface area contributed by atoms with E-state index in [0.717, 1.165) is 19.3 Å². The molecular formula is C17H26FN3O2. The second-order valence-corrected chi connectivity index (χ2v) is 7.00. The van der Waals surface area contributed by atoms with Gasteiger partial charge in [0.25, 0.3) is 0 Å². The highest BCUT2D eigenvalue weighted by Gasteiger charge is 2.26. The van der Waals surface area contributed by atoms with Crippen molar-refractivity contribution in [1.82, 2.24) is 0 Å². The van der Waals surface area contributed by atoms with Gasteiger partial charge in [0.2, 0.25) is 0 Å². The third kappa shape index (κ3) is 5.10. The predicted molar refractivity (Wildman–Crippen MR) is 90.1 cm³/mol. The van der Waals surface area contributed by atoms with Crippen molar-refractivity contribution in [1.29, 1.82) is 0 Å².